The molecule has 0 bridgehead atoms. The van der Waals surface area contributed by atoms with Gasteiger partial charge in [-0.1, -0.05) is 33.6 Å². The zero-order chi connectivity index (χ0) is 10.8. The van der Waals surface area contributed by atoms with Gasteiger partial charge in [0.25, 0.3) is 0 Å². The van der Waals surface area contributed by atoms with Crippen molar-refractivity contribution in [3.63, 3.8) is 0 Å². The van der Waals surface area contributed by atoms with E-state index in [1.54, 1.807) is 0 Å². The number of rotatable bonds is 9. The predicted octanol–water partition coefficient (Wildman–Crippen LogP) is 2.50. The summed E-state index contributed by atoms with van der Waals surface area (Å²) in [6.07, 6.45) is 5.43. The van der Waals surface area contributed by atoms with Crippen LogP contribution in [0.25, 0.3) is 0 Å². The molecular weight excluding hydrogens is 172 g/mol. The van der Waals surface area contributed by atoms with Gasteiger partial charge >= 0.3 is 0 Å². The number of nitrogens with one attached hydrogen (secondary N) is 1. The first-order valence-electron chi connectivity index (χ1n) is 6.08. The smallest absolute Gasteiger partial charge is 0.00103 e. The van der Waals surface area contributed by atoms with E-state index >= 15 is 0 Å². The minimum atomic E-state index is 0.640. The minimum absolute atomic E-state index is 0.640. The molecule has 0 atom stereocenters. The van der Waals surface area contributed by atoms with Gasteiger partial charge < -0.3 is 10.2 Å². The first-order valence-corrected chi connectivity index (χ1v) is 6.08. The van der Waals surface area contributed by atoms with Crippen molar-refractivity contribution in [2.45, 2.75) is 52.5 Å². The van der Waals surface area contributed by atoms with Gasteiger partial charge in [0.2, 0.25) is 0 Å². The molecule has 0 aliphatic heterocycles. The third-order valence-electron chi connectivity index (χ3n) is 2.56. The van der Waals surface area contributed by atoms with E-state index < -0.39 is 0 Å². The molecule has 2 heteroatoms. The molecule has 14 heavy (non-hydrogen) atoms. The van der Waals surface area contributed by atoms with Crippen LogP contribution in [0.3, 0.4) is 0 Å². The van der Waals surface area contributed by atoms with Crippen LogP contribution in [-0.2, 0) is 0 Å². The van der Waals surface area contributed by atoms with Crippen LogP contribution in [0.5, 0.6) is 0 Å². The summed E-state index contributed by atoms with van der Waals surface area (Å²) in [6, 6.07) is 0.640. The van der Waals surface area contributed by atoms with E-state index in [0.717, 1.165) is 0 Å². The quantitative estimate of drug-likeness (QED) is 0.575. The van der Waals surface area contributed by atoms with E-state index in [4.69, 9.17) is 0 Å². The van der Waals surface area contributed by atoms with Gasteiger partial charge in [-0.3, -0.25) is 0 Å². The molecule has 0 amide bonds. The van der Waals surface area contributed by atoms with Gasteiger partial charge in [0.1, 0.15) is 0 Å². The fourth-order valence-corrected chi connectivity index (χ4v) is 1.41. The molecule has 0 aromatic carbocycles. The topological polar surface area (TPSA) is 15.3 Å². The van der Waals surface area contributed by atoms with Crippen LogP contribution >= 0.6 is 0 Å². The average Bonchev–Trinajstić information content (AvgIpc) is 2.15. The molecule has 0 aromatic rings. The van der Waals surface area contributed by atoms with E-state index in [2.05, 4.69) is 38.0 Å². The van der Waals surface area contributed by atoms with Crippen LogP contribution in [-0.4, -0.2) is 37.6 Å². The molecule has 0 saturated carbocycles. The van der Waals surface area contributed by atoms with Crippen molar-refractivity contribution in [3.05, 3.63) is 0 Å². The highest BCUT2D eigenvalue weighted by Crippen LogP contribution is 2.00. The Bertz CT molecular complexity index is 113. The molecule has 0 heterocycles. The molecule has 0 radical (unpaired) electrons. The Hall–Kier alpha value is -0.0800. The summed E-state index contributed by atoms with van der Waals surface area (Å²) < 4.78 is 0. The van der Waals surface area contributed by atoms with Crippen LogP contribution in [0.4, 0.5) is 0 Å². The Labute approximate surface area is 90.1 Å². The lowest BCUT2D eigenvalue weighted by molar-refractivity contribution is 0.340. The van der Waals surface area contributed by atoms with Crippen LogP contribution in [0.15, 0.2) is 0 Å². The summed E-state index contributed by atoms with van der Waals surface area (Å²) in [5, 5.41) is 3.45. The second-order valence-corrected chi connectivity index (χ2v) is 4.42. The normalized spacial score (nSPS) is 11.6. The maximum absolute atomic E-state index is 3.45. The Balaban J connectivity index is 2.99. The zero-order valence-electron chi connectivity index (χ0n) is 10.5. The lowest BCUT2D eigenvalue weighted by Crippen LogP contribution is -2.23. The first kappa shape index (κ1) is 13.9. The summed E-state index contributed by atoms with van der Waals surface area (Å²) in [7, 11) is 2.19. The number of nitrogens with zero attached hydrogens (tertiary/aromatic N) is 1. The maximum Gasteiger partial charge on any atom is 0.00103 e. The largest absolute Gasteiger partial charge is 0.315 e. The Kier molecular flexibility index (Phi) is 9.42. The zero-order valence-corrected chi connectivity index (χ0v) is 10.5. The third kappa shape index (κ3) is 10.0. The van der Waals surface area contributed by atoms with Crippen LogP contribution < -0.4 is 5.32 Å². The molecule has 0 fully saturated rings. The van der Waals surface area contributed by atoms with E-state index in [1.165, 1.54) is 45.3 Å². The van der Waals surface area contributed by atoms with Gasteiger partial charge in [-0.25, -0.2) is 0 Å². The molecule has 0 unspecified atom stereocenters. The van der Waals surface area contributed by atoms with Crippen molar-refractivity contribution in [3.8, 4) is 0 Å². The molecule has 0 aromatic heterocycles. The minimum Gasteiger partial charge on any atom is -0.315 e. The van der Waals surface area contributed by atoms with Gasteiger partial charge in [-0.2, -0.15) is 0 Å². The van der Waals surface area contributed by atoms with Gasteiger partial charge in [0, 0.05) is 6.04 Å². The Morgan fingerprint density at radius 1 is 1.07 bits per heavy atom. The lowest BCUT2D eigenvalue weighted by Gasteiger charge is -2.13. The van der Waals surface area contributed by atoms with Gasteiger partial charge in [-0.15, -0.1) is 0 Å². The molecule has 0 spiro atoms. The van der Waals surface area contributed by atoms with Crippen molar-refractivity contribution in [1.82, 2.24) is 10.2 Å². The van der Waals surface area contributed by atoms with E-state index in [0.29, 0.717) is 6.04 Å². The summed E-state index contributed by atoms with van der Waals surface area (Å²) >= 11 is 0. The van der Waals surface area contributed by atoms with Crippen molar-refractivity contribution >= 4 is 0 Å². The number of hydrogen-bond donors (Lipinski definition) is 1. The Morgan fingerprint density at radius 2 is 1.71 bits per heavy atom. The summed E-state index contributed by atoms with van der Waals surface area (Å²) in [5.74, 6) is 0. The summed E-state index contributed by atoms with van der Waals surface area (Å²) in [5.41, 5.74) is 0. The maximum atomic E-state index is 3.45. The Morgan fingerprint density at radius 3 is 2.29 bits per heavy atom. The average molecular weight is 200 g/mol. The van der Waals surface area contributed by atoms with Crippen molar-refractivity contribution < 1.29 is 0 Å². The third-order valence-corrected chi connectivity index (χ3v) is 2.56. The van der Waals surface area contributed by atoms with Crippen LogP contribution in [0, 0.1) is 0 Å². The van der Waals surface area contributed by atoms with Crippen molar-refractivity contribution in [1.29, 1.82) is 0 Å². The van der Waals surface area contributed by atoms with Crippen LogP contribution in [0.1, 0.15) is 46.5 Å². The van der Waals surface area contributed by atoms with E-state index in [1.807, 2.05) is 0 Å². The highest BCUT2D eigenvalue weighted by atomic mass is 15.1. The fourth-order valence-electron chi connectivity index (χ4n) is 1.41. The molecule has 0 rings (SSSR count). The van der Waals surface area contributed by atoms with Gasteiger partial charge in [0.05, 0.1) is 0 Å². The van der Waals surface area contributed by atoms with E-state index in [-0.39, 0.29) is 0 Å². The molecule has 2 nitrogen and oxygen atoms in total. The first-order chi connectivity index (χ1) is 6.66. The molecule has 0 aliphatic carbocycles. The molecule has 0 saturated heterocycles. The standard InChI is InChI=1S/C12H28N2/c1-5-14(4)11-9-7-6-8-10-13-12(2)3/h12-13H,5-11H2,1-4H3. The number of unbranched alkanes of at least 4 members (excludes halogenated alkanes) is 3. The highest BCUT2D eigenvalue weighted by Gasteiger charge is 1.95. The fraction of sp³-hybridized carbons (Fsp3) is 1.00. The highest BCUT2D eigenvalue weighted by molar-refractivity contribution is 4.54. The second kappa shape index (κ2) is 9.47. The molecular formula is C12H28N2. The monoisotopic (exact) mass is 200 g/mol. The molecule has 1 N–H and O–H groups in total. The predicted molar refractivity (Wildman–Crippen MR) is 64.8 cm³/mol. The van der Waals surface area contributed by atoms with Gasteiger partial charge in [0.15, 0.2) is 0 Å². The van der Waals surface area contributed by atoms with Gasteiger partial charge in [-0.05, 0) is 39.5 Å². The lowest BCUT2D eigenvalue weighted by atomic mass is 10.2. The molecule has 86 valence electrons. The van der Waals surface area contributed by atoms with Crippen molar-refractivity contribution in [2.75, 3.05) is 26.7 Å². The molecule has 0 aliphatic rings. The van der Waals surface area contributed by atoms with Crippen molar-refractivity contribution in [2.24, 2.45) is 0 Å². The summed E-state index contributed by atoms with van der Waals surface area (Å²) in [6.45, 7) is 10.2. The van der Waals surface area contributed by atoms with Crippen LogP contribution in [0.2, 0.25) is 0 Å². The van der Waals surface area contributed by atoms with E-state index in [9.17, 15) is 0 Å². The SMILES string of the molecule is CCN(C)CCCCCCNC(C)C. The number of hydrogen-bond acceptors (Lipinski definition) is 2. The summed E-state index contributed by atoms with van der Waals surface area (Å²) in [4.78, 5) is 2.38. The second-order valence-electron chi connectivity index (χ2n) is 4.42.